The minimum atomic E-state index is -1.70. The van der Waals surface area contributed by atoms with Crippen molar-refractivity contribution in [3.05, 3.63) is 107 Å². The predicted octanol–water partition coefficient (Wildman–Crippen LogP) is 5.34. The third kappa shape index (κ3) is 4.52. The first-order valence-electron chi connectivity index (χ1n) is 11.9. The van der Waals surface area contributed by atoms with E-state index in [4.69, 9.17) is 18.9 Å². The number of carbonyl (C=O) groups is 2. The van der Waals surface area contributed by atoms with Gasteiger partial charge in [0.25, 0.3) is 0 Å². The molecule has 0 aliphatic carbocycles. The van der Waals surface area contributed by atoms with Gasteiger partial charge in [-0.15, -0.1) is 0 Å². The number of fused-ring (bicyclic) bond motifs is 4. The molecular formula is C30H22O7. The van der Waals surface area contributed by atoms with E-state index in [1.165, 1.54) is 0 Å². The van der Waals surface area contributed by atoms with Crippen LogP contribution < -0.4 is 18.9 Å². The SMILES string of the molecule is O=C(CC(O)C(=O)Oc1cccc2c1Cc1ccccc1O2)Oc1cccc2c1Cc1ccccc1O2. The first-order chi connectivity index (χ1) is 18.0. The lowest BCUT2D eigenvalue weighted by Gasteiger charge is -2.22. The summed E-state index contributed by atoms with van der Waals surface area (Å²) in [5, 5.41) is 10.4. The Hall–Kier alpha value is -4.62. The molecule has 0 radical (unpaired) electrons. The number of para-hydroxylation sites is 2. The van der Waals surface area contributed by atoms with Gasteiger partial charge < -0.3 is 24.1 Å². The molecule has 0 aromatic heterocycles. The maximum Gasteiger partial charge on any atom is 0.340 e. The van der Waals surface area contributed by atoms with Crippen LogP contribution in [-0.2, 0) is 22.4 Å². The fourth-order valence-electron chi connectivity index (χ4n) is 4.52. The normalized spacial score (nSPS) is 13.4. The Balaban J connectivity index is 1.12. The zero-order chi connectivity index (χ0) is 25.4. The standard InChI is InChI=1S/C30H22O7/c31-22(30(33)37-28-14-6-12-26-21(28)16-19-8-2-4-10-24(19)35-26)17-29(32)36-27-13-5-11-25-20(27)15-18-7-1-3-9-23(18)34-25/h1-14,22,31H,15-17H2. The van der Waals surface area contributed by atoms with Crippen molar-refractivity contribution in [1.29, 1.82) is 0 Å². The average Bonchev–Trinajstić information content (AvgIpc) is 2.91. The van der Waals surface area contributed by atoms with Crippen LogP contribution >= 0.6 is 0 Å². The second-order valence-corrected chi connectivity index (χ2v) is 8.85. The Morgan fingerprint density at radius 2 is 1.16 bits per heavy atom. The van der Waals surface area contributed by atoms with Gasteiger partial charge in [0.15, 0.2) is 6.10 Å². The zero-order valence-corrected chi connectivity index (χ0v) is 19.7. The summed E-state index contributed by atoms with van der Waals surface area (Å²) in [6.45, 7) is 0. The molecule has 184 valence electrons. The molecule has 2 aliphatic heterocycles. The number of ether oxygens (including phenoxy) is 4. The first kappa shape index (κ1) is 22.8. The van der Waals surface area contributed by atoms with Crippen molar-refractivity contribution in [2.45, 2.75) is 25.4 Å². The minimum absolute atomic E-state index is 0.275. The van der Waals surface area contributed by atoms with Gasteiger partial charge in [0.2, 0.25) is 0 Å². The Kier molecular flexibility index (Phi) is 5.82. The third-order valence-electron chi connectivity index (χ3n) is 6.37. The molecule has 1 atom stereocenters. The number of hydrogen-bond acceptors (Lipinski definition) is 7. The van der Waals surface area contributed by atoms with Crippen molar-refractivity contribution in [2.24, 2.45) is 0 Å². The molecule has 0 fully saturated rings. The van der Waals surface area contributed by atoms with E-state index < -0.39 is 24.5 Å². The van der Waals surface area contributed by atoms with Crippen LogP contribution in [0.25, 0.3) is 0 Å². The largest absolute Gasteiger partial charge is 0.457 e. The number of rotatable bonds is 5. The molecule has 2 heterocycles. The second-order valence-electron chi connectivity index (χ2n) is 8.85. The van der Waals surface area contributed by atoms with E-state index in [-0.39, 0.29) is 5.75 Å². The van der Waals surface area contributed by atoms with Crippen molar-refractivity contribution < 1.29 is 33.6 Å². The molecule has 7 heteroatoms. The van der Waals surface area contributed by atoms with Gasteiger partial charge in [-0.25, -0.2) is 4.79 Å². The molecule has 2 aliphatic rings. The molecule has 1 unspecified atom stereocenters. The monoisotopic (exact) mass is 494 g/mol. The molecule has 37 heavy (non-hydrogen) atoms. The quantitative estimate of drug-likeness (QED) is 0.255. The van der Waals surface area contributed by atoms with E-state index in [0.29, 0.717) is 35.7 Å². The average molecular weight is 494 g/mol. The minimum Gasteiger partial charge on any atom is -0.457 e. The van der Waals surface area contributed by atoms with Crippen LogP contribution in [0.3, 0.4) is 0 Å². The summed E-state index contributed by atoms with van der Waals surface area (Å²) in [6.07, 6.45) is -1.22. The molecule has 0 bridgehead atoms. The van der Waals surface area contributed by atoms with Crippen LogP contribution in [0.5, 0.6) is 34.5 Å². The van der Waals surface area contributed by atoms with E-state index in [1.807, 2.05) is 48.5 Å². The Bertz CT molecular complexity index is 1520. The van der Waals surface area contributed by atoms with Gasteiger partial charge in [-0.3, -0.25) is 4.79 Å². The highest BCUT2D eigenvalue weighted by atomic mass is 16.6. The summed E-state index contributed by atoms with van der Waals surface area (Å²) in [5.74, 6) is 1.58. The smallest absolute Gasteiger partial charge is 0.340 e. The molecule has 1 N–H and O–H groups in total. The van der Waals surface area contributed by atoms with Crippen molar-refractivity contribution >= 4 is 11.9 Å². The fraction of sp³-hybridized carbons (Fsp3) is 0.133. The lowest BCUT2D eigenvalue weighted by Crippen LogP contribution is -2.30. The van der Waals surface area contributed by atoms with Gasteiger partial charge >= 0.3 is 11.9 Å². The molecule has 0 saturated carbocycles. The van der Waals surface area contributed by atoms with Crippen LogP contribution in [0, 0.1) is 0 Å². The lowest BCUT2D eigenvalue weighted by molar-refractivity contribution is -0.149. The Labute approximate surface area is 212 Å². The lowest BCUT2D eigenvalue weighted by atomic mass is 9.99. The molecular weight excluding hydrogens is 472 g/mol. The Morgan fingerprint density at radius 1 is 0.676 bits per heavy atom. The van der Waals surface area contributed by atoms with Crippen LogP contribution in [-0.4, -0.2) is 23.1 Å². The summed E-state index contributed by atoms with van der Waals surface area (Å²) in [5.41, 5.74) is 3.35. The number of hydrogen-bond donors (Lipinski definition) is 1. The third-order valence-corrected chi connectivity index (χ3v) is 6.37. The molecule has 4 aromatic rings. The van der Waals surface area contributed by atoms with Crippen LogP contribution in [0.1, 0.15) is 28.7 Å². The van der Waals surface area contributed by atoms with Crippen molar-refractivity contribution in [3.63, 3.8) is 0 Å². The zero-order valence-electron chi connectivity index (χ0n) is 19.7. The van der Waals surface area contributed by atoms with Gasteiger partial charge in [0.05, 0.1) is 6.42 Å². The maximum absolute atomic E-state index is 12.7. The van der Waals surface area contributed by atoms with E-state index >= 15 is 0 Å². The van der Waals surface area contributed by atoms with Crippen LogP contribution in [0.15, 0.2) is 84.9 Å². The molecule has 7 nitrogen and oxygen atoms in total. The maximum atomic E-state index is 12.7. The summed E-state index contributed by atoms with van der Waals surface area (Å²) in [4.78, 5) is 25.3. The highest BCUT2D eigenvalue weighted by molar-refractivity contribution is 5.84. The highest BCUT2D eigenvalue weighted by Crippen LogP contribution is 2.42. The van der Waals surface area contributed by atoms with E-state index in [2.05, 4.69) is 0 Å². The van der Waals surface area contributed by atoms with Crippen molar-refractivity contribution in [1.82, 2.24) is 0 Å². The topological polar surface area (TPSA) is 91.3 Å². The number of aliphatic hydroxyl groups excluding tert-OH is 1. The summed E-state index contributed by atoms with van der Waals surface area (Å²) in [6, 6.07) is 25.6. The number of esters is 2. The Morgan fingerprint density at radius 3 is 1.73 bits per heavy atom. The van der Waals surface area contributed by atoms with Gasteiger partial charge in [-0.05, 0) is 47.5 Å². The van der Waals surface area contributed by atoms with Crippen LogP contribution in [0.2, 0.25) is 0 Å². The summed E-state index contributed by atoms with van der Waals surface area (Å²) in [7, 11) is 0. The van der Waals surface area contributed by atoms with Gasteiger partial charge in [-0.2, -0.15) is 0 Å². The molecule has 0 spiro atoms. The number of carbonyl (C=O) groups excluding carboxylic acids is 2. The van der Waals surface area contributed by atoms with Gasteiger partial charge in [0, 0.05) is 24.0 Å². The van der Waals surface area contributed by atoms with E-state index in [1.54, 1.807) is 36.4 Å². The number of benzene rings is 4. The molecule has 4 aromatic carbocycles. The van der Waals surface area contributed by atoms with Crippen LogP contribution in [0.4, 0.5) is 0 Å². The van der Waals surface area contributed by atoms with E-state index in [0.717, 1.165) is 28.2 Å². The molecule has 0 amide bonds. The van der Waals surface area contributed by atoms with Gasteiger partial charge in [-0.1, -0.05) is 48.5 Å². The summed E-state index contributed by atoms with van der Waals surface area (Å²) < 4.78 is 22.8. The second kappa shape index (κ2) is 9.44. The highest BCUT2D eigenvalue weighted by Gasteiger charge is 2.27. The number of aliphatic hydroxyl groups is 1. The fourth-order valence-corrected chi connectivity index (χ4v) is 4.52. The van der Waals surface area contributed by atoms with Crippen molar-refractivity contribution in [2.75, 3.05) is 0 Å². The summed E-state index contributed by atoms with van der Waals surface area (Å²) >= 11 is 0. The first-order valence-corrected chi connectivity index (χ1v) is 11.9. The molecule has 0 saturated heterocycles. The van der Waals surface area contributed by atoms with Crippen molar-refractivity contribution in [3.8, 4) is 34.5 Å². The van der Waals surface area contributed by atoms with Gasteiger partial charge in [0.1, 0.15) is 34.5 Å². The predicted molar refractivity (Wildman–Crippen MR) is 133 cm³/mol. The molecule has 6 rings (SSSR count). The van der Waals surface area contributed by atoms with E-state index in [9.17, 15) is 14.7 Å².